The third-order valence-corrected chi connectivity index (χ3v) is 6.13. The lowest BCUT2D eigenvalue weighted by Crippen LogP contribution is -2.42. The number of amides is 2. The Morgan fingerprint density at radius 2 is 1.61 bits per heavy atom. The van der Waals surface area contributed by atoms with Crippen LogP contribution in [0, 0.1) is 0 Å². The zero-order valence-corrected chi connectivity index (χ0v) is 17.7. The predicted molar refractivity (Wildman–Crippen MR) is 121 cm³/mol. The lowest BCUT2D eigenvalue weighted by atomic mass is 10.1. The molecule has 0 atom stereocenters. The first-order chi connectivity index (χ1) is 14.8. The fraction of sp³-hybridized carbons (Fsp3) is 0.130. The van der Waals surface area contributed by atoms with Gasteiger partial charge in [-0.3, -0.25) is 18.8 Å². The summed E-state index contributed by atoms with van der Waals surface area (Å²) in [6.07, 6.45) is 1.15. The molecule has 0 radical (unpaired) electrons. The maximum absolute atomic E-state index is 13.1. The van der Waals surface area contributed by atoms with Crippen LogP contribution in [0.2, 0.25) is 0 Å². The summed E-state index contributed by atoms with van der Waals surface area (Å²) in [4.78, 5) is 26.5. The van der Waals surface area contributed by atoms with Crippen molar-refractivity contribution >= 4 is 38.9 Å². The van der Waals surface area contributed by atoms with Crippen molar-refractivity contribution in [2.24, 2.45) is 0 Å². The topological polar surface area (TPSA) is 86.8 Å². The average molecular weight is 436 g/mol. The number of rotatable bonds is 5. The lowest BCUT2D eigenvalue weighted by molar-refractivity contribution is -0.115. The molecule has 1 aliphatic heterocycles. The van der Waals surface area contributed by atoms with Gasteiger partial charge in [0.15, 0.2) is 0 Å². The SMILES string of the molecule is CS(=O)(=O)N(Cc1ccccc1)c1ccc(C(=O)N2CC(=O)Nc3ccccc32)cc1. The summed E-state index contributed by atoms with van der Waals surface area (Å²) in [5, 5.41) is 2.75. The number of carbonyl (C=O) groups excluding carboxylic acids is 2. The van der Waals surface area contributed by atoms with E-state index < -0.39 is 10.0 Å². The third-order valence-electron chi connectivity index (χ3n) is 4.99. The zero-order valence-electron chi connectivity index (χ0n) is 16.9. The molecule has 2 amide bonds. The summed E-state index contributed by atoms with van der Waals surface area (Å²) >= 11 is 0. The Bertz CT molecular complexity index is 1230. The summed E-state index contributed by atoms with van der Waals surface area (Å²) in [5.41, 5.74) is 2.87. The Morgan fingerprint density at radius 1 is 0.968 bits per heavy atom. The minimum Gasteiger partial charge on any atom is -0.323 e. The number of nitrogens with one attached hydrogen (secondary N) is 1. The molecule has 0 spiro atoms. The molecule has 0 fully saturated rings. The van der Waals surface area contributed by atoms with Crippen molar-refractivity contribution < 1.29 is 18.0 Å². The first-order valence-electron chi connectivity index (χ1n) is 9.65. The van der Waals surface area contributed by atoms with E-state index in [2.05, 4.69) is 5.32 Å². The molecular formula is C23H21N3O4S. The van der Waals surface area contributed by atoms with E-state index in [1.807, 2.05) is 30.3 Å². The zero-order chi connectivity index (χ0) is 22.0. The van der Waals surface area contributed by atoms with E-state index >= 15 is 0 Å². The molecule has 7 nitrogen and oxygen atoms in total. The van der Waals surface area contributed by atoms with Crippen molar-refractivity contribution in [1.29, 1.82) is 0 Å². The Morgan fingerprint density at radius 3 is 2.29 bits per heavy atom. The molecule has 0 aliphatic carbocycles. The summed E-state index contributed by atoms with van der Waals surface area (Å²) in [6.45, 7) is 0.105. The van der Waals surface area contributed by atoms with Crippen LogP contribution in [0.4, 0.5) is 17.1 Å². The molecule has 31 heavy (non-hydrogen) atoms. The molecule has 0 saturated carbocycles. The van der Waals surface area contributed by atoms with E-state index in [-0.39, 0.29) is 24.9 Å². The fourth-order valence-corrected chi connectivity index (χ4v) is 4.38. The molecule has 3 aromatic carbocycles. The Labute approximate surface area is 181 Å². The maximum atomic E-state index is 13.1. The van der Waals surface area contributed by atoms with E-state index in [1.54, 1.807) is 48.5 Å². The van der Waals surface area contributed by atoms with E-state index in [0.717, 1.165) is 11.8 Å². The van der Waals surface area contributed by atoms with Crippen molar-refractivity contribution in [2.75, 3.05) is 27.3 Å². The van der Waals surface area contributed by atoms with Crippen molar-refractivity contribution in [3.63, 3.8) is 0 Å². The van der Waals surface area contributed by atoms with E-state index in [0.29, 0.717) is 22.6 Å². The van der Waals surface area contributed by atoms with Crippen LogP contribution in [0.3, 0.4) is 0 Å². The van der Waals surface area contributed by atoms with Crippen molar-refractivity contribution in [1.82, 2.24) is 0 Å². The van der Waals surface area contributed by atoms with Crippen LogP contribution in [0.15, 0.2) is 78.9 Å². The van der Waals surface area contributed by atoms with Crippen LogP contribution >= 0.6 is 0 Å². The number of carbonyl (C=O) groups is 2. The third kappa shape index (κ3) is 4.44. The lowest BCUT2D eigenvalue weighted by Gasteiger charge is -2.29. The maximum Gasteiger partial charge on any atom is 0.258 e. The molecule has 0 unspecified atom stereocenters. The molecule has 8 heteroatoms. The second-order valence-corrected chi connectivity index (χ2v) is 9.17. The number of sulfonamides is 1. The van der Waals surface area contributed by atoms with Crippen LogP contribution < -0.4 is 14.5 Å². The van der Waals surface area contributed by atoms with Gasteiger partial charge in [0.05, 0.1) is 29.9 Å². The molecule has 1 N–H and O–H groups in total. The molecule has 3 aromatic rings. The average Bonchev–Trinajstić information content (AvgIpc) is 2.76. The monoisotopic (exact) mass is 435 g/mol. The van der Waals surface area contributed by atoms with Crippen molar-refractivity contribution in [2.45, 2.75) is 6.54 Å². The summed E-state index contributed by atoms with van der Waals surface area (Å²) in [7, 11) is -3.53. The Kier molecular flexibility index (Phi) is 5.48. The molecule has 4 rings (SSSR count). The van der Waals surface area contributed by atoms with Gasteiger partial charge in [-0.1, -0.05) is 42.5 Å². The quantitative estimate of drug-likeness (QED) is 0.667. The standard InChI is InChI=1S/C23H21N3O4S/c1-31(29,30)26(15-17-7-3-2-4-8-17)19-13-11-18(12-14-19)23(28)25-16-22(27)24-20-9-5-6-10-21(20)25/h2-14H,15-16H2,1H3,(H,24,27). The van der Waals surface area contributed by atoms with Crippen LogP contribution in [0.25, 0.3) is 0 Å². The van der Waals surface area contributed by atoms with Gasteiger partial charge in [0.25, 0.3) is 5.91 Å². The smallest absolute Gasteiger partial charge is 0.258 e. The van der Waals surface area contributed by atoms with Gasteiger partial charge in [-0.05, 0) is 42.0 Å². The summed E-state index contributed by atoms with van der Waals surface area (Å²) < 4.78 is 26.1. The van der Waals surface area contributed by atoms with Crippen LogP contribution in [0.1, 0.15) is 15.9 Å². The highest BCUT2D eigenvalue weighted by Gasteiger charge is 2.27. The van der Waals surface area contributed by atoms with E-state index in [9.17, 15) is 18.0 Å². The van der Waals surface area contributed by atoms with Gasteiger partial charge < -0.3 is 5.32 Å². The Hall–Kier alpha value is -3.65. The van der Waals surface area contributed by atoms with E-state index in [4.69, 9.17) is 0 Å². The van der Waals surface area contributed by atoms with Gasteiger partial charge in [0.2, 0.25) is 15.9 Å². The molecular weight excluding hydrogens is 414 g/mol. The highest BCUT2D eigenvalue weighted by molar-refractivity contribution is 7.92. The molecule has 0 aromatic heterocycles. The number of benzene rings is 3. The highest BCUT2D eigenvalue weighted by Crippen LogP contribution is 2.30. The van der Waals surface area contributed by atoms with Gasteiger partial charge >= 0.3 is 0 Å². The second kappa shape index (κ2) is 8.23. The van der Waals surface area contributed by atoms with Gasteiger partial charge in [-0.25, -0.2) is 8.42 Å². The van der Waals surface area contributed by atoms with Crippen LogP contribution in [0.5, 0.6) is 0 Å². The highest BCUT2D eigenvalue weighted by atomic mass is 32.2. The minimum absolute atomic E-state index is 0.0823. The number of anilines is 3. The largest absolute Gasteiger partial charge is 0.323 e. The van der Waals surface area contributed by atoms with Gasteiger partial charge in [-0.2, -0.15) is 0 Å². The second-order valence-electron chi connectivity index (χ2n) is 7.26. The molecule has 0 bridgehead atoms. The first kappa shape index (κ1) is 20.6. The molecule has 158 valence electrons. The number of hydrogen-bond donors (Lipinski definition) is 1. The van der Waals surface area contributed by atoms with Crippen LogP contribution in [-0.2, 0) is 21.4 Å². The van der Waals surface area contributed by atoms with Gasteiger partial charge in [-0.15, -0.1) is 0 Å². The molecule has 0 saturated heterocycles. The normalized spacial score (nSPS) is 13.3. The Balaban J connectivity index is 1.61. The van der Waals surface area contributed by atoms with Gasteiger partial charge in [0.1, 0.15) is 6.54 Å². The summed E-state index contributed by atoms with van der Waals surface area (Å²) in [6, 6.07) is 22.7. The minimum atomic E-state index is -3.53. The van der Waals surface area contributed by atoms with E-state index in [1.165, 1.54) is 9.21 Å². The van der Waals surface area contributed by atoms with Gasteiger partial charge in [0, 0.05) is 5.56 Å². The first-order valence-corrected chi connectivity index (χ1v) is 11.5. The molecule has 1 aliphatic rings. The fourth-order valence-electron chi connectivity index (χ4n) is 3.49. The predicted octanol–water partition coefficient (Wildman–Crippen LogP) is 3.25. The summed E-state index contributed by atoms with van der Waals surface area (Å²) in [5.74, 6) is -0.599. The number of fused-ring (bicyclic) bond motifs is 1. The number of para-hydroxylation sites is 2. The van der Waals surface area contributed by atoms with Crippen LogP contribution in [-0.4, -0.2) is 33.0 Å². The number of nitrogens with zero attached hydrogens (tertiary/aromatic N) is 2. The van der Waals surface area contributed by atoms with Crippen molar-refractivity contribution in [3.8, 4) is 0 Å². The molecule has 1 heterocycles. The van der Waals surface area contributed by atoms with Crippen molar-refractivity contribution in [3.05, 3.63) is 90.0 Å². The number of hydrogen-bond acceptors (Lipinski definition) is 4.